The lowest BCUT2D eigenvalue weighted by Gasteiger charge is -2.02. The number of nitriles is 1. The Morgan fingerprint density at radius 2 is 2.50 bits per heavy atom. The average Bonchev–Trinajstić information content (AvgIpc) is 2.19. The maximum absolute atomic E-state index is 10.5. The summed E-state index contributed by atoms with van der Waals surface area (Å²) in [6.07, 6.45) is 2.94. The van der Waals surface area contributed by atoms with Gasteiger partial charge in [-0.1, -0.05) is 0 Å². The van der Waals surface area contributed by atoms with Crippen LogP contribution in [-0.2, 0) is 0 Å². The fourth-order valence-electron chi connectivity index (χ4n) is 0.934. The molecular formula is C8H8N4O2. The monoisotopic (exact) mass is 192 g/mol. The molecule has 1 aromatic rings. The Balaban J connectivity index is 2.75. The highest BCUT2D eigenvalue weighted by Crippen LogP contribution is 2.21. The largest absolute Gasteiger partial charge is 0.378 e. The maximum Gasteiger partial charge on any atom is 0.310 e. The van der Waals surface area contributed by atoms with Gasteiger partial charge in [0, 0.05) is 12.7 Å². The van der Waals surface area contributed by atoms with Crippen molar-refractivity contribution < 1.29 is 4.92 Å². The third kappa shape index (κ3) is 2.42. The first kappa shape index (κ1) is 9.92. The molecule has 0 aliphatic heterocycles. The number of hydrogen-bond donors (Lipinski definition) is 1. The Morgan fingerprint density at radius 1 is 1.71 bits per heavy atom. The molecule has 0 saturated heterocycles. The van der Waals surface area contributed by atoms with Crippen molar-refractivity contribution in [1.29, 1.82) is 5.26 Å². The van der Waals surface area contributed by atoms with Crippen LogP contribution < -0.4 is 5.32 Å². The molecule has 0 aliphatic rings. The van der Waals surface area contributed by atoms with Gasteiger partial charge in [0.2, 0.25) is 0 Å². The summed E-state index contributed by atoms with van der Waals surface area (Å²) in [5, 5.41) is 21.6. The van der Waals surface area contributed by atoms with Crippen molar-refractivity contribution in [2.75, 3.05) is 11.9 Å². The molecule has 0 atom stereocenters. The molecule has 6 heteroatoms. The standard InChI is InChI=1S/C8H8N4O2/c9-3-1-4-11-7-2-5-10-6-8(7)12(13)14/h2,5-6H,1,4H2,(H,10,11). The van der Waals surface area contributed by atoms with Gasteiger partial charge >= 0.3 is 5.69 Å². The van der Waals surface area contributed by atoms with Crippen LogP contribution >= 0.6 is 0 Å². The van der Waals surface area contributed by atoms with E-state index in [9.17, 15) is 10.1 Å². The van der Waals surface area contributed by atoms with Crippen LogP contribution in [0.15, 0.2) is 18.5 Å². The van der Waals surface area contributed by atoms with Crippen LogP contribution in [0.5, 0.6) is 0 Å². The van der Waals surface area contributed by atoms with E-state index in [0.717, 1.165) is 0 Å². The van der Waals surface area contributed by atoms with E-state index in [0.29, 0.717) is 18.7 Å². The Morgan fingerprint density at radius 3 is 3.14 bits per heavy atom. The van der Waals surface area contributed by atoms with E-state index >= 15 is 0 Å². The molecule has 0 saturated carbocycles. The Bertz CT molecular complexity index is 372. The van der Waals surface area contributed by atoms with E-state index < -0.39 is 4.92 Å². The minimum absolute atomic E-state index is 0.0783. The van der Waals surface area contributed by atoms with Gasteiger partial charge in [-0.2, -0.15) is 5.26 Å². The Hall–Kier alpha value is -2.16. The second-order valence-corrected chi connectivity index (χ2v) is 2.48. The van der Waals surface area contributed by atoms with E-state index in [-0.39, 0.29) is 5.69 Å². The molecule has 0 aromatic carbocycles. The van der Waals surface area contributed by atoms with Crippen LogP contribution in [0.2, 0.25) is 0 Å². The third-order valence-electron chi connectivity index (χ3n) is 1.55. The van der Waals surface area contributed by atoms with Crippen molar-refractivity contribution in [1.82, 2.24) is 4.98 Å². The number of nitro groups is 1. The zero-order valence-electron chi connectivity index (χ0n) is 7.30. The normalized spacial score (nSPS) is 9.07. The molecule has 0 spiro atoms. The van der Waals surface area contributed by atoms with Crippen LogP contribution in [0, 0.1) is 21.4 Å². The highest BCUT2D eigenvalue weighted by atomic mass is 16.6. The van der Waals surface area contributed by atoms with Crippen LogP contribution in [-0.4, -0.2) is 16.5 Å². The molecule has 0 aliphatic carbocycles. The van der Waals surface area contributed by atoms with Gasteiger partial charge in [-0.05, 0) is 6.07 Å². The lowest BCUT2D eigenvalue weighted by molar-refractivity contribution is -0.384. The second kappa shape index (κ2) is 4.77. The molecule has 1 rings (SSSR count). The molecule has 0 radical (unpaired) electrons. The van der Waals surface area contributed by atoms with E-state index in [1.165, 1.54) is 18.5 Å². The van der Waals surface area contributed by atoms with Gasteiger partial charge in [0.05, 0.1) is 17.4 Å². The molecule has 1 N–H and O–H groups in total. The van der Waals surface area contributed by atoms with Crippen molar-refractivity contribution in [2.45, 2.75) is 6.42 Å². The van der Waals surface area contributed by atoms with E-state index in [1.807, 2.05) is 6.07 Å². The summed E-state index contributed by atoms with van der Waals surface area (Å²) in [6.45, 7) is 0.390. The summed E-state index contributed by atoms with van der Waals surface area (Å²) in [4.78, 5) is 13.7. The molecule has 0 fully saturated rings. The van der Waals surface area contributed by atoms with Gasteiger partial charge < -0.3 is 5.32 Å². The molecule has 1 heterocycles. The summed E-state index contributed by atoms with van der Waals surface area (Å²) in [6, 6.07) is 3.45. The topological polar surface area (TPSA) is 91.8 Å². The van der Waals surface area contributed by atoms with Crippen LogP contribution in [0.25, 0.3) is 0 Å². The summed E-state index contributed by atoms with van der Waals surface area (Å²) >= 11 is 0. The van der Waals surface area contributed by atoms with Gasteiger partial charge in [0.15, 0.2) is 0 Å². The number of nitrogens with zero attached hydrogens (tertiary/aromatic N) is 3. The van der Waals surface area contributed by atoms with Gasteiger partial charge in [0.1, 0.15) is 11.9 Å². The molecule has 0 amide bonds. The van der Waals surface area contributed by atoms with Crippen LogP contribution in [0.1, 0.15) is 6.42 Å². The fourth-order valence-corrected chi connectivity index (χ4v) is 0.934. The van der Waals surface area contributed by atoms with Gasteiger partial charge in [-0.25, -0.2) is 0 Å². The predicted octanol–water partition coefficient (Wildman–Crippen LogP) is 1.32. The first-order chi connectivity index (χ1) is 6.75. The number of nitrogens with one attached hydrogen (secondary N) is 1. The van der Waals surface area contributed by atoms with Crippen molar-refractivity contribution in [3.05, 3.63) is 28.6 Å². The fraction of sp³-hybridized carbons (Fsp3) is 0.250. The number of pyridine rings is 1. The average molecular weight is 192 g/mol. The zero-order chi connectivity index (χ0) is 10.4. The second-order valence-electron chi connectivity index (χ2n) is 2.48. The lowest BCUT2D eigenvalue weighted by atomic mass is 10.3. The Kier molecular flexibility index (Phi) is 3.38. The highest BCUT2D eigenvalue weighted by Gasteiger charge is 2.11. The first-order valence-corrected chi connectivity index (χ1v) is 3.95. The maximum atomic E-state index is 10.5. The summed E-state index contributed by atoms with van der Waals surface area (Å²) in [5.41, 5.74) is 0.311. The van der Waals surface area contributed by atoms with Crippen molar-refractivity contribution in [2.24, 2.45) is 0 Å². The molecule has 72 valence electrons. The van der Waals surface area contributed by atoms with E-state index in [2.05, 4.69) is 10.3 Å². The van der Waals surface area contributed by atoms with Crippen molar-refractivity contribution in [3.8, 4) is 6.07 Å². The minimum atomic E-state index is -0.512. The number of aromatic nitrogens is 1. The highest BCUT2D eigenvalue weighted by molar-refractivity contribution is 5.59. The van der Waals surface area contributed by atoms with Crippen LogP contribution in [0.4, 0.5) is 11.4 Å². The van der Waals surface area contributed by atoms with E-state index in [4.69, 9.17) is 5.26 Å². The molecular weight excluding hydrogens is 184 g/mol. The zero-order valence-corrected chi connectivity index (χ0v) is 7.30. The third-order valence-corrected chi connectivity index (χ3v) is 1.55. The van der Waals surface area contributed by atoms with Crippen molar-refractivity contribution in [3.63, 3.8) is 0 Å². The quantitative estimate of drug-likeness (QED) is 0.441. The number of hydrogen-bond acceptors (Lipinski definition) is 5. The predicted molar refractivity (Wildman–Crippen MR) is 49.6 cm³/mol. The van der Waals surface area contributed by atoms with Crippen molar-refractivity contribution >= 4 is 11.4 Å². The number of rotatable bonds is 4. The molecule has 6 nitrogen and oxygen atoms in total. The summed E-state index contributed by atoms with van der Waals surface area (Å²) < 4.78 is 0. The van der Waals surface area contributed by atoms with Crippen LogP contribution in [0.3, 0.4) is 0 Å². The summed E-state index contributed by atoms with van der Waals surface area (Å²) in [7, 11) is 0. The lowest BCUT2D eigenvalue weighted by Crippen LogP contribution is -2.03. The van der Waals surface area contributed by atoms with Gasteiger partial charge in [-0.15, -0.1) is 0 Å². The molecule has 14 heavy (non-hydrogen) atoms. The molecule has 0 unspecified atom stereocenters. The van der Waals surface area contributed by atoms with Gasteiger partial charge in [0.25, 0.3) is 0 Å². The Labute approximate surface area is 80.3 Å². The number of anilines is 1. The minimum Gasteiger partial charge on any atom is -0.378 e. The SMILES string of the molecule is N#CCCNc1ccncc1[N+](=O)[O-]. The smallest absolute Gasteiger partial charge is 0.310 e. The first-order valence-electron chi connectivity index (χ1n) is 3.95. The molecule has 1 aromatic heterocycles. The van der Waals surface area contributed by atoms with E-state index in [1.54, 1.807) is 0 Å². The molecule has 0 bridgehead atoms. The van der Waals surface area contributed by atoms with Gasteiger partial charge in [-0.3, -0.25) is 15.1 Å². The summed E-state index contributed by atoms with van der Waals surface area (Å²) in [5.74, 6) is 0.